The van der Waals surface area contributed by atoms with Gasteiger partial charge in [0.25, 0.3) is 0 Å². The van der Waals surface area contributed by atoms with Crippen molar-refractivity contribution < 1.29 is 0 Å². The number of aliphatic imine (C=N–C) groups is 1. The van der Waals surface area contributed by atoms with E-state index in [1.165, 1.54) is 43.4 Å². The largest absolute Gasteiger partial charge is 0.356 e. The zero-order chi connectivity index (χ0) is 15.1. The Bertz CT molecular complexity index is 461. The first kappa shape index (κ1) is 16.3. The summed E-state index contributed by atoms with van der Waals surface area (Å²) < 4.78 is 0. The van der Waals surface area contributed by atoms with Crippen LogP contribution in [-0.4, -0.2) is 24.5 Å². The predicted molar refractivity (Wildman–Crippen MR) is 91.0 cm³/mol. The Morgan fingerprint density at radius 1 is 1.29 bits per heavy atom. The van der Waals surface area contributed by atoms with Crippen LogP contribution in [0.3, 0.4) is 0 Å². The van der Waals surface area contributed by atoms with E-state index in [1.54, 1.807) is 11.3 Å². The van der Waals surface area contributed by atoms with E-state index in [0.29, 0.717) is 0 Å². The van der Waals surface area contributed by atoms with Crippen LogP contribution >= 0.6 is 11.3 Å². The maximum atomic E-state index is 4.45. The second kappa shape index (κ2) is 8.37. The van der Waals surface area contributed by atoms with Crippen LogP contribution in [0, 0.1) is 19.8 Å². The highest BCUT2D eigenvalue weighted by Crippen LogP contribution is 2.28. The number of aromatic nitrogens is 1. The molecule has 1 aliphatic carbocycles. The summed E-state index contributed by atoms with van der Waals surface area (Å²) in [6, 6.07) is 0. The molecular formula is C16H28N4S. The van der Waals surface area contributed by atoms with Gasteiger partial charge < -0.3 is 10.6 Å². The van der Waals surface area contributed by atoms with E-state index < -0.39 is 0 Å². The Labute approximate surface area is 132 Å². The van der Waals surface area contributed by atoms with Gasteiger partial charge in [0.1, 0.15) is 0 Å². The number of aryl methyl sites for hydroxylation is 2. The molecule has 0 bridgehead atoms. The second-order valence-electron chi connectivity index (χ2n) is 5.89. The first-order valence-corrected chi connectivity index (χ1v) is 8.88. The molecule has 4 nitrogen and oxygen atoms in total. The first-order valence-electron chi connectivity index (χ1n) is 8.06. The summed E-state index contributed by atoms with van der Waals surface area (Å²) in [5.41, 5.74) is 1.13. The molecule has 21 heavy (non-hydrogen) atoms. The normalized spacial score (nSPS) is 16.4. The molecule has 1 aliphatic rings. The molecule has 118 valence electrons. The number of thiazole rings is 1. The van der Waals surface area contributed by atoms with E-state index in [2.05, 4.69) is 34.5 Å². The summed E-state index contributed by atoms with van der Waals surface area (Å²) in [4.78, 5) is 10.0. The lowest BCUT2D eigenvalue weighted by Crippen LogP contribution is -2.37. The number of hydrogen-bond donors (Lipinski definition) is 2. The molecule has 1 heterocycles. The van der Waals surface area contributed by atoms with Crippen molar-refractivity contribution in [2.75, 3.05) is 13.6 Å². The van der Waals surface area contributed by atoms with Crippen LogP contribution in [0.2, 0.25) is 0 Å². The SMILES string of the molecule is CN=C(NCCCC1CCCC1)NCc1sc(C)nc1C. The molecule has 2 N–H and O–H groups in total. The standard InChI is InChI=1S/C16H28N4S/c1-12-15(21-13(2)20-12)11-19-16(17-3)18-10-6-9-14-7-4-5-8-14/h14H,4-11H2,1-3H3,(H2,17,18,19). The molecular weight excluding hydrogens is 280 g/mol. The van der Waals surface area contributed by atoms with Gasteiger partial charge in [-0.25, -0.2) is 4.98 Å². The molecule has 1 saturated carbocycles. The number of nitrogens with zero attached hydrogens (tertiary/aromatic N) is 2. The zero-order valence-corrected chi connectivity index (χ0v) is 14.4. The van der Waals surface area contributed by atoms with Crippen molar-refractivity contribution in [3.8, 4) is 0 Å². The molecule has 0 aromatic carbocycles. The van der Waals surface area contributed by atoms with Gasteiger partial charge in [-0.15, -0.1) is 11.3 Å². The molecule has 0 unspecified atom stereocenters. The first-order chi connectivity index (χ1) is 10.2. The van der Waals surface area contributed by atoms with Crippen LogP contribution in [0.5, 0.6) is 0 Å². The highest BCUT2D eigenvalue weighted by atomic mass is 32.1. The van der Waals surface area contributed by atoms with Crippen LogP contribution < -0.4 is 10.6 Å². The van der Waals surface area contributed by atoms with Crippen LogP contribution in [0.1, 0.15) is 54.1 Å². The molecule has 1 fully saturated rings. The highest BCUT2D eigenvalue weighted by molar-refractivity contribution is 7.11. The summed E-state index contributed by atoms with van der Waals surface area (Å²) in [7, 11) is 1.83. The average molecular weight is 308 g/mol. The van der Waals surface area contributed by atoms with E-state index in [4.69, 9.17) is 0 Å². The minimum Gasteiger partial charge on any atom is -0.356 e. The van der Waals surface area contributed by atoms with Crippen LogP contribution in [0.4, 0.5) is 0 Å². The summed E-state index contributed by atoms with van der Waals surface area (Å²) in [5, 5.41) is 7.92. The fraction of sp³-hybridized carbons (Fsp3) is 0.750. The smallest absolute Gasteiger partial charge is 0.191 e. The van der Waals surface area contributed by atoms with Crippen molar-refractivity contribution in [2.45, 2.75) is 58.9 Å². The molecule has 2 rings (SSSR count). The van der Waals surface area contributed by atoms with Gasteiger partial charge >= 0.3 is 0 Å². The monoisotopic (exact) mass is 308 g/mol. The third kappa shape index (κ3) is 5.30. The van der Waals surface area contributed by atoms with Gasteiger partial charge in [-0.1, -0.05) is 25.7 Å². The van der Waals surface area contributed by atoms with Gasteiger partial charge in [-0.05, 0) is 32.6 Å². The minimum atomic E-state index is 0.805. The fourth-order valence-electron chi connectivity index (χ4n) is 3.02. The third-order valence-corrected chi connectivity index (χ3v) is 5.27. The third-order valence-electron chi connectivity index (χ3n) is 4.20. The summed E-state index contributed by atoms with van der Waals surface area (Å²) in [6.45, 7) is 5.94. The molecule has 5 heteroatoms. The van der Waals surface area contributed by atoms with Gasteiger partial charge in [0.15, 0.2) is 5.96 Å². The fourth-order valence-corrected chi connectivity index (χ4v) is 3.90. The molecule has 0 atom stereocenters. The Morgan fingerprint density at radius 3 is 2.67 bits per heavy atom. The maximum Gasteiger partial charge on any atom is 0.191 e. The predicted octanol–water partition coefficient (Wildman–Crippen LogP) is 3.40. The number of hydrogen-bond acceptors (Lipinski definition) is 3. The van der Waals surface area contributed by atoms with Gasteiger partial charge in [-0.3, -0.25) is 4.99 Å². The van der Waals surface area contributed by atoms with E-state index in [9.17, 15) is 0 Å². The Balaban J connectivity index is 1.65. The van der Waals surface area contributed by atoms with Gasteiger partial charge in [0.2, 0.25) is 0 Å². The van der Waals surface area contributed by atoms with E-state index in [0.717, 1.165) is 35.7 Å². The van der Waals surface area contributed by atoms with Crippen molar-refractivity contribution in [1.29, 1.82) is 0 Å². The van der Waals surface area contributed by atoms with Gasteiger partial charge in [0.05, 0.1) is 17.2 Å². The minimum absolute atomic E-state index is 0.805. The summed E-state index contributed by atoms with van der Waals surface area (Å²) in [6.07, 6.45) is 8.36. The van der Waals surface area contributed by atoms with Crippen LogP contribution in [0.25, 0.3) is 0 Å². The van der Waals surface area contributed by atoms with Gasteiger partial charge in [-0.2, -0.15) is 0 Å². The van der Waals surface area contributed by atoms with Crippen LogP contribution in [-0.2, 0) is 6.54 Å². The summed E-state index contributed by atoms with van der Waals surface area (Å²) in [5.74, 6) is 1.87. The molecule has 0 aliphatic heterocycles. The molecule has 1 aromatic rings. The Hall–Kier alpha value is -1.10. The topological polar surface area (TPSA) is 49.3 Å². The lowest BCUT2D eigenvalue weighted by molar-refractivity contribution is 0.481. The molecule has 1 aromatic heterocycles. The van der Waals surface area contributed by atoms with Crippen molar-refractivity contribution in [3.05, 3.63) is 15.6 Å². The second-order valence-corrected chi connectivity index (χ2v) is 7.17. The average Bonchev–Trinajstić information content (AvgIpc) is 3.08. The lowest BCUT2D eigenvalue weighted by Gasteiger charge is -2.13. The Kier molecular flexibility index (Phi) is 6.49. The number of nitrogens with one attached hydrogen (secondary N) is 2. The van der Waals surface area contributed by atoms with Crippen LogP contribution in [0.15, 0.2) is 4.99 Å². The molecule has 0 spiro atoms. The molecule has 0 amide bonds. The van der Waals surface area contributed by atoms with Crippen molar-refractivity contribution in [2.24, 2.45) is 10.9 Å². The van der Waals surface area contributed by atoms with E-state index in [-0.39, 0.29) is 0 Å². The van der Waals surface area contributed by atoms with Gasteiger partial charge in [0, 0.05) is 18.5 Å². The van der Waals surface area contributed by atoms with Crippen molar-refractivity contribution >= 4 is 17.3 Å². The Morgan fingerprint density at radius 2 is 2.05 bits per heavy atom. The quantitative estimate of drug-likeness (QED) is 0.481. The molecule has 0 radical (unpaired) electrons. The number of rotatable bonds is 6. The lowest BCUT2D eigenvalue weighted by atomic mass is 10.0. The number of guanidine groups is 1. The van der Waals surface area contributed by atoms with E-state index >= 15 is 0 Å². The zero-order valence-electron chi connectivity index (χ0n) is 13.5. The van der Waals surface area contributed by atoms with E-state index in [1.807, 2.05) is 7.05 Å². The van der Waals surface area contributed by atoms with Crippen molar-refractivity contribution in [3.63, 3.8) is 0 Å². The maximum absolute atomic E-state index is 4.45. The van der Waals surface area contributed by atoms with Crippen molar-refractivity contribution in [1.82, 2.24) is 15.6 Å². The summed E-state index contributed by atoms with van der Waals surface area (Å²) >= 11 is 1.76. The molecule has 0 saturated heterocycles. The highest BCUT2D eigenvalue weighted by Gasteiger charge is 2.14.